The quantitative estimate of drug-likeness (QED) is 0.844. The van der Waals surface area contributed by atoms with E-state index in [1.807, 2.05) is 0 Å². The van der Waals surface area contributed by atoms with Gasteiger partial charge in [0.2, 0.25) is 0 Å². The summed E-state index contributed by atoms with van der Waals surface area (Å²) in [5.41, 5.74) is -0.210. The van der Waals surface area contributed by atoms with Gasteiger partial charge < -0.3 is 5.11 Å². The molecule has 0 amide bonds. The van der Waals surface area contributed by atoms with Gasteiger partial charge in [-0.2, -0.15) is 0 Å². The molecule has 0 heterocycles. The SMILES string of the molecule is O=Ic1ccc(F)cc1C(=O)O. The molecule has 0 aromatic heterocycles. The van der Waals surface area contributed by atoms with Crippen molar-refractivity contribution in [2.24, 2.45) is 0 Å². The largest absolute Gasteiger partial charge is 0.478 e. The Morgan fingerprint density at radius 3 is 2.67 bits per heavy atom. The van der Waals surface area contributed by atoms with Gasteiger partial charge in [-0.25, -0.2) is 9.18 Å². The molecule has 5 heteroatoms. The summed E-state index contributed by atoms with van der Waals surface area (Å²) >= 11 is -1.56. The highest BCUT2D eigenvalue weighted by atomic mass is 127. The number of hydrogen-bond donors (Lipinski definition) is 1. The number of benzene rings is 1. The van der Waals surface area contributed by atoms with Gasteiger partial charge in [0, 0.05) is 0 Å². The summed E-state index contributed by atoms with van der Waals surface area (Å²) in [5.74, 6) is -1.88. The van der Waals surface area contributed by atoms with Gasteiger partial charge in [0.1, 0.15) is 5.82 Å². The van der Waals surface area contributed by atoms with Crippen molar-refractivity contribution in [1.82, 2.24) is 0 Å². The summed E-state index contributed by atoms with van der Waals surface area (Å²) < 4.78 is 23.2. The Bertz CT molecular complexity index is 337. The van der Waals surface area contributed by atoms with E-state index in [9.17, 15) is 12.3 Å². The van der Waals surface area contributed by atoms with Crippen molar-refractivity contribution in [2.45, 2.75) is 0 Å². The maximum atomic E-state index is 12.5. The Morgan fingerprint density at radius 2 is 2.17 bits per heavy atom. The lowest BCUT2D eigenvalue weighted by molar-refractivity contribution is 0.0695. The summed E-state index contributed by atoms with van der Waals surface area (Å²) in [7, 11) is 0. The predicted molar refractivity (Wildman–Crippen MR) is 46.8 cm³/mol. The zero-order chi connectivity index (χ0) is 9.14. The van der Waals surface area contributed by atoms with E-state index < -0.39 is 33.0 Å². The molecule has 0 aliphatic rings. The smallest absolute Gasteiger partial charge is 0.336 e. The molecule has 0 spiro atoms. The summed E-state index contributed by atoms with van der Waals surface area (Å²) in [4.78, 5) is 10.4. The Balaban J connectivity index is 3.30. The average Bonchev–Trinajstić information content (AvgIpc) is 2.04. The molecular formula is C7H4FIO3. The molecule has 0 unspecified atom stereocenters. The Hall–Kier alpha value is -0.850. The minimum absolute atomic E-state index is 0.210. The Kier molecular flexibility index (Phi) is 2.85. The molecule has 1 rings (SSSR count). The molecule has 0 bridgehead atoms. The van der Waals surface area contributed by atoms with Crippen LogP contribution in [0.4, 0.5) is 4.39 Å². The van der Waals surface area contributed by atoms with Crippen LogP contribution in [0.3, 0.4) is 0 Å². The molecule has 0 fully saturated rings. The molecule has 64 valence electrons. The van der Waals surface area contributed by atoms with Gasteiger partial charge in [0.05, 0.1) is 9.13 Å². The summed E-state index contributed by atoms with van der Waals surface area (Å²) in [5, 5.41) is 8.53. The van der Waals surface area contributed by atoms with Crippen LogP contribution in [0.15, 0.2) is 18.2 Å². The number of rotatable bonds is 2. The maximum Gasteiger partial charge on any atom is 0.336 e. The van der Waals surface area contributed by atoms with Gasteiger partial charge >= 0.3 is 5.97 Å². The van der Waals surface area contributed by atoms with Crippen molar-refractivity contribution in [3.8, 4) is 0 Å². The van der Waals surface area contributed by atoms with Crippen molar-refractivity contribution in [2.75, 3.05) is 0 Å². The van der Waals surface area contributed by atoms with Crippen molar-refractivity contribution in [3.63, 3.8) is 0 Å². The normalized spacial score (nSPS) is 9.75. The lowest BCUT2D eigenvalue weighted by Gasteiger charge is -1.96. The van der Waals surface area contributed by atoms with Crippen LogP contribution >= 0.6 is 21.2 Å². The molecule has 1 aromatic carbocycles. The lowest BCUT2D eigenvalue weighted by atomic mass is 10.2. The lowest BCUT2D eigenvalue weighted by Crippen LogP contribution is -2.00. The number of aromatic carboxylic acids is 1. The molecule has 1 N–H and O–H groups in total. The molecule has 0 saturated heterocycles. The Labute approximate surface area is 77.9 Å². The number of hydrogen-bond acceptors (Lipinski definition) is 2. The second-order valence-corrected chi connectivity index (χ2v) is 3.61. The first-order valence-electron chi connectivity index (χ1n) is 2.95. The first-order chi connectivity index (χ1) is 5.65. The fourth-order valence-electron chi connectivity index (χ4n) is 0.729. The molecule has 0 aliphatic heterocycles. The third-order valence-corrected chi connectivity index (χ3v) is 2.66. The van der Waals surface area contributed by atoms with Crippen LogP contribution < -0.4 is 0 Å². The minimum atomic E-state index is -1.56. The van der Waals surface area contributed by atoms with E-state index >= 15 is 0 Å². The predicted octanol–water partition coefficient (Wildman–Crippen LogP) is 2.01. The summed E-state index contributed by atoms with van der Waals surface area (Å²) in [6.45, 7) is 0. The zero-order valence-electron chi connectivity index (χ0n) is 5.75. The van der Waals surface area contributed by atoms with Crippen LogP contribution in [0.1, 0.15) is 10.4 Å². The number of carboxylic acid groups (broad SMARTS) is 1. The molecule has 3 nitrogen and oxygen atoms in total. The molecule has 0 saturated carbocycles. The average molecular weight is 282 g/mol. The molecule has 0 radical (unpaired) electrons. The van der Waals surface area contributed by atoms with Crippen LogP contribution in [-0.4, -0.2) is 11.1 Å². The second kappa shape index (κ2) is 3.70. The number of carbonyl (C=O) groups is 1. The first-order valence-corrected chi connectivity index (χ1v) is 4.91. The van der Waals surface area contributed by atoms with E-state index in [-0.39, 0.29) is 9.13 Å². The number of carboxylic acids is 1. The fourth-order valence-corrected chi connectivity index (χ4v) is 1.68. The Morgan fingerprint density at radius 1 is 1.50 bits per heavy atom. The summed E-state index contributed by atoms with van der Waals surface area (Å²) in [6, 6.07) is 3.20. The van der Waals surface area contributed by atoms with E-state index in [0.29, 0.717) is 0 Å². The minimum Gasteiger partial charge on any atom is -0.478 e. The van der Waals surface area contributed by atoms with E-state index in [1.165, 1.54) is 6.07 Å². The highest BCUT2D eigenvalue weighted by Gasteiger charge is 2.10. The highest BCUT2D eigenvalue weighted by Crippen LogP contribution is 2.16. The molecular weight excluding hydrogens is 278 g/mol. The van der Waals surface area contributed by atoms with E-state index in [0.717, 1.165) is 12.1 Å². The highest BCUT2D eigenvalue weighted by molar-refractivity contribution is 14.1. The van der Waals surface area contributed by atoms with Gasteiger partial charge in [-0.3, -0.25) is 3.07 Å². The second-order valence-electron chi connectivity index (χ2n) is 2.01. The van der Waals surface area contributed by atoms with Gasteiger partial charge in [0.15, 0.2) is 21.2 Å². The summed E-state index contributed by atoms with van der Waals surface area (Å²) in [6.07, 6.45) is 0. The fraction of sp³-hybridized carbons (Fsp3) is 0. The van der Waals surface area contributed by atoms with Gasteiger partial charge in [-0.15, -0.1) is 0 Å². The number of halogens is 2. The van der Waals surface area contributed by atoms with Crippen LogP contribution in [-0.2, 0) is 3.07 Å². The van der Waals surface area contributed by atoms with Crippen molar-refractivity contribution in [3.05, 3.63) is 33.1 Å². The van der Waals surface area contributed by atoms with Gasteiger partial charge in [0.25, 0.3) is 0 Å². The monoisotopic (exact) mass is 282 g/mol. The van der Waals surface area contributed by atoms with E-state index in [2.05, 4.69) is 0 Å². The maximum absolute atomic E-state index is 12.5. The first kappa shape index (κ1) is 9.24. The molecule has 1 aromatic rings. The molecule has 0 atom stereocenters. The van der Waals surface area contributed by atoms with Crippen molar-refractivity contribution >= 4 is 27.2 Å². The zero-order valence-corrected chi connectivity index (χ0v) is 7.91. The van der Waals surface area contributed by atoms with Crippen LogP contribution in [0.5, 0.6) is 0 Å². The van der Waals surface area contributed by atoms with E-state index in [1.54, 1.807) is 0 Å². The third-order valence-electron chi connectivity index (χ3n) is 1.24. The van der Waals surface area contributed by atoms with Crippen LogP contribution in [0, 0.1) is 9.39 Å². The van der Waals surface area contributed by atoms with Gasteiger partial charge in [-0.1, -0.05) is 0 Å². The van der Waals surface area contributed by atoms with Crippen molar-refractivity contribution in [1.29, 1.82) is 0 Å². The van der Waals surface area contributed by atoms with Crippen LogP contribution in [0.25, 0.3) is 0 Å². The third kappa shape index (κ3) is 1.84. The van der Waals surface area contributed by atoms with Crippen LogP contribution in [0.2, 0.25) is 0 Å². The molecule has 12 heavy (non-hydrogen) atoms. The van der Waals surface area contributed by atoms with E-state index in [4.69, 9.17) is 5.11 Å². The standard InChI is InChI=1S/C7H4FIO3/c8-4-1-2-6(9-12)5(3-4)7(10)11/h1-3H,(H,10,11). The topological polar surface area (TPSA) is 54.4 Å². The van der Waals surface area contributed by atoms with Gasteiger partial charge in [-0.05, 0) is 18.2 Å². The van der Waals surface area contributed by atoms with Crippen molar-refractivity contribution < 1.29 is 17.4 Å². The molecule has 0 aliphatic carbocycles.